The number of anilines is 1. The van der Waals surface area contributed by atoms with Crippen molar-refractivity contribution in [3.05, 3.63) is 36.5 Å². The Morgan fingerprint density at radius 2 is 1.79 bits per heavy atom. The molecule has 1 aromatic heterocycles. The number of hydrogen-bond acceptors (Lipinski definition) is 3. The average Bonchev–Trinajstić information content (AvgIpc) is 2.40. The van der Waals surface area contributed by atoms with Crippen LogP contribution in [0.1, 0.15) is 12.8 Å². The summed E-state index contributed by atoms with van der Waals surface area (Å²) in [6.45, 7) is 2.20. The maximum absolute atomic E-state index is 4.47. The van der Waals surface area contributed by atoms with Gasteiger partial charge in [0.15, 0.2) is 0 Å². The molecule has 3 nitrogen and oxygen atoms in total. The molecule has 0 unspecified atom stereocenters. The first kappa shape index (κ1) is 16.0. The molecule has 2 N–H and O–H groups in total. The predicted molar refractivity (Wildman–Crippen MR) is 85.8 cm³/mol. The fourth-order valence-corrected chi connectivity index (χ4v) is 2.39. The van der Waals surface area contributed by atoms with Crippen LogP contribution >= 0.6 is 24.8 Å². The van der Waals surface area contributed by atoms with Crippen molar-refractivity contribution in [1.82, 2.24) is 10.3 Å². The van der Waals surface area contributed by atoms with Gasteiger partial charge in [-0.2, -0.15) is 0 Å². The van der Waals surface area contributed by atoms with Crippen molar-refractivity contribution >= 4 is 41.4 Å². The van der Waals surface area contributed by atoms with E-state index in [9.17, 15) is 0 Å². The van der Waals surface area contributed by atoms with Crippen molar-refractivity contribution in [2.24, 2.45) is 0 Å². The zero-order valence-electron chi connectivity index (χ0n) is 10.6. The third-order valence-corrected chi connectivity index (χ3v) is 3.35. The topological polar surface area (TPSA) is 37.0 Å². The number of nitrogens with one attached hydrogen (secondary N) is 2. The lowest BCUT2D eigenvalue weighted by Crippen LogP contribution is -2.35. The van der Waals surface area contributed by atoms with E-state index in [1.807, 2.05) is 6.20 Å². The summed E-state index contributed by atoms with van der Waals surface area (Å²) in [5, 5.41) is 9.42. The zero-order valence-corrected chi connectivity index (χ0v) is 12.3. The van der Waals surface area contributed by atoms with Crippen LogP contribution in [-0.2, 0) is 0 Å². The van der Waals surface area contributed by atoms with Crippen molar-refractivity contribution in [1.29, 1.82) is 0 Å². The van der Waals surface area contributed by atoms with E-state index in [1.165, 1.54) is 23.6 Å². The van der Waals surface area contributed by atoms with Crippen molar-refractivity contribution in [3.63, 3.8) is 0 Å². The van der Waals surface area contributed by atoms with Crippen LogP contribution in [-0.4, -0.2) is 24.1 Å². The lowest BCUT2D eigenvalue weighted by Gasteiger charge is -2.24. The molecule has 1 fully saturated rings. The first-order valence-electron chi connectivity index (χ1n) is 6.24. The summed E-state index contributed by atoms with van der Waals surface area (Å²) in [5.41, 5.74) is 0. The van der Waals surface area contributed by atoms with E-state index in [4.69, 9.17) is 0 Å². The Morgan fingerprint density at radius 1 is 1.05 bits per heavy atom. The highest BCUT2D eigenvalue weighted by Crippen LogP contribution is 2.22. The fourth-order valence-electron chi connectivity index (χ4n) is 2.39. The molecule has 0 bridgehead atoms. The smallest absolute Gasteiger partial charge is 0.134 e. The molecule has 5 heteroatoms. The molecule has 0 saturated carbocycles. The summed E-state index contributed by atoms with van der Waals surface area (Å²) in [5.74, 6) is 1.02. The molecule has 1 aliphatic heterocycles. The molecule has 0 aliphatic carbocycles. The molecule has 0 radical (unpaired) electrons. The van der Waals surface area contributed by atoms with Crippen LogP contribution in [0.2, 0.25) is 0 Å². The highest BCUT2D eigenvalue weighted by atomic mass is 35.5. The third kappa shape index (κ3) is 3.72. The maximum Gasteiger partial charge on any atom is 0.134 e. The van der Waals surface area contributed by atoms with E-state index in [2.05, 4.69) is 45.9 Å². The number of benzene rings is 1. The van der Waals surface area contributed by atoms with Crippen LogP contribution in [0.15, 0.2) is 36.5 Å². The maximum atomic E-state index is 4.47. The van der Waals surface area contributed by atoms with Gasteiger partial charge in [-0.3, -0.25) is 0 Å². The van der Waals surface area contributed by atoms with E-state index in [-0.39, 0.29) is 24.8 Å². The first-order valence-corrected chi connectivity index (χ1v) is 6.24. The van der Waals surface area contributed by atoms with Crippen LogP contribution in [0, 0.1) is 0 Å². The normalized spacial score (nSPS) is 15.4. The van der Waals surface area contributed by atoms with E-state index >= 15 is 0 Å². The molecule has 104 valence electrons. The molecule has 0 atom stereocenters. The van der Waals surface area contributed by atoms with Gasteiger partial charge in [0.1, 0.15) is 5.82 Å². The van der Waals surface area contributed by atoms with Gasteiger partial charge in [0.25, 0.3) is 0 Å². The Morgan fingerprint density at radius 3 is 2.58 bits per heavy atom. The summed E-state index contributed by atoms with van der Waals surface area (Å²) in [6.07, 6.45) is 4.22. The second-order valence-corrected chi connectivity index (χ2v) is 4.55. The van der Waals surface area contributed by atoms with Gasteiger partial charge < -0.3 is 10.6 Å². The van der Waals surface area contributed by atoms with Gasteiger partial charge in [0, 0.05) is 17.6 Å². The lowest BCUT2D eigenvalue weighted by atomic mass is 10.1. The molecule has 19 heavy (non-hydrogen) atoms. The van der Waals surface area contributed by atoms with Crippen molar-refractivity contribution < 1.29 is 0 Å². The van der Waals surface area contributed by atoms with Crippen LogP contribution in [0.25, 0.3) is 10.8 Å². The third-order valence-electron chi connectivity index (χ3n) is 3.35. The highest BCUT2D eigenvalue weighted by molar-refractivity contribution is 5.91. The first-order chi connectivity index (χ1) is 8.43. The fraction of sp³-hybridized carbons (Fsp3) is 0.357. The molecule has 1 aliphatic rings. The van der Waals surface area contributed by atoms with Crippen LogP contribution in [0.3, 0.4) is 0 Å². The van der Waals surface area contributed by atoms with Crippen LogP contribution in [0.4, 0.5) is 5.82 Å². The van der Waals surface area contributed by atoms with Crippen molar-refractivity contribution in [2.45, 2.75) is 18.9 Å². The molecule has 0 spiro atoms. The molecular weight excluding hydrogens is 281 g/mol. The predicted octanol–water partition coefficient (Wildman–Crippen LogP) is 3.24. The van der Waals surface area contributed by atoms with Gasteiger partial charge in [-0.25, -0.2) is 4.98 Å². The number of pyridine rings is 1. The van der Waals surface area contributed by atoms with Crippen molar-refractivity contribution in [3.8, 4) is 0 Å². The molecular formula is C14H19Cl2N3. The Kier molecular flexibility index (Phi) is 6.35. The number of halogens is 2. The second-order valence-electron chi connectivity index (χ2n) is 4.55. The van der Waals surface area contributed by atoms with Gasteiger partial charge in [0.2, 0.25) is 0 Å². The Balaban J connectivity index is 0.000000902. The van der Waals surface area contributed by atoms with Crippen molar-refractivity contribution in [2.75, 3.05) is 18.4 Å². The molecule has 2 heterocycles. The number of piperidine rings is 1. The quantitative estimate of drug-likeness (QED) is 0.894. The number of rotatable bonds is 2. The minimum atomic E-state index is 0. The summed E-state index contributed by atoms with van der Waals surface area (Å²) in [6, 6.07) is 11.0. The van der Waals surface area contributed by atoms with E-state index < -0.39 is 0 Å². The standard InChI is InChI=1S/C14H17N3.2ClH/c1-2-4-13-11(3-1)5-10-16-14(13)17-12-6-8-15-9-7-12;;/h1-5,10,12,15H,6-9H2,(H,16,17);2*1H. The second kappa shape index (κ2) is 7.53. The Bertz CT molecular complexity index is 508. The van der Waals surface area contributed by atoms with Gasteiger partial charge in [0.05, 0.1) is 0 Å². The Labute approximate surface area is 126 Å². The summed E-state index contributed by atoms with van der Waals surface area (Å²) >= 11 is 0. The summed E-state index contributed by atoms with van der Waals surface area (Å²) in [4.78, 5) is 4.47. The number of aromatic nitrogens is 1. The van der Waals surface area contributed by atoms with Gasteiger partial charge in [-0.05, 0) is 37.4 Å². The van der Waals surface area contributed by atoms with E-state index in [1.54, 1.807) is 0 Å². The summed E-state index contributed by atoms with van der Waals surface area (Å²) < 4.78 is 0. The number of fused-ring (bicyclic) bond motifs is 1. The van der Waals surface area contributed by atoms with Gasteiger partial charge in [-0.1, -0.05) is 24.3 Å². The number of nitrogens with zero attached hydrogens (tertiary/aromatic N) is 1. The van der Waals surface area contributed by atoms with Crippen LogP contribution < -0.4 is 10.6 Å². The minimum absolute atomic E-state index is 0. The molecule has 1 aromatic carbocycles. The summed E-state index contributed by atoms with van der Waals surface area (Å²) in [7, 11) is 0. The average molecular weight is 300 g/mol. The lowest BCUT2D eigenvalue weighted by molar-refractivity contribution is 0.478. The number of hydrogen-bond donors (Lipinski definition) is 2. The van der Waals surface area contributed by atoms with Gasteiger partial charge >= 0.3 is 0 Å². The molecule has 0 amide bonds. The van der Waals surface area contributed by atoms with E-state index in [0.717, 1.165) is 18.9 Å². The van der Waals surface area contributed by atoms with Crippen LogP contribution in [0.5, 0.6) is 0 Å². The largest absolute Gasteiger partial charge is 0.367 e. The highest BCUT2D eigenvalue weighted by Gasteiger charge is 2.13. The van der Waals surface area contributed by atoms with Gasteiger partial charge in [-0.15, -0.1) is 24.8 Å². The molecule has 2 aromatic rings. The van der Waals surface area contributed by atoms with E-state index in [0.29, 0.717) is 6.04 Å². The minimum Gasteiger partial charge on any atom is -0.367 e. The Hall–Kier alpha value is -1.03. The molecule has 3 rings (SSSR count). The monoisotopic (exact) mass is 299 g/mol. The zero-order chi connectivity index (χ0) is 11.5. The SMILES string of the molecule is Cl.Cl.c1ccc2c(NC3CCNCC3)nccc2c1. The molecule has 1 saturated heterocycles.